The van der Waals surface area contributed by atoms with Crippen molar-refractivity contribution in [1.29, 1.82) is 0 Å². The fourth-order valence-corrected chi connectivity index (χ4v) is 1.52. The van der Waals surface area contributed by atoms with Crippen LogP contribution in [-0.2, 0) is 21.7 Å². The molecule has 0 heterocycles. The molecule has 0 bridgehead atoms. The van der Waals surface area contributed by atoms with Crippen LogP contribution in [0.1, 0.15) is 46.0 Å². The van der Waals surface area contributed by atoms with E-state index in [4.69, 9.17) is 0 Å². The summed E-state index contributed by atoms with van der Waals surface area (Å²) in [5.41, 5.74) is 2.82. The second-order valence-corrected chi connectivity index (χ2v) is 3.95. The predicted octanol–water partition coefficient (Wildman–Crippen LogP) is 4.56. The molecule has 2 aliphatic rings. The van der Waals surface area contributed by atoms with Crippen LogP contribution < -0.4 is 0 Å². The van der Waals surface area contributed by atoms with E-state index in [0.29, 0.717) is 0 Å². The van der Waals surface area contributed by atoms with Crippen LogP contribution in [-0.4, -0.2) is 0 Å². The molecule has 2 rings (SSSR count). The molecular formula is C15H20Ti. The number of hydrogen-bond acceptors (Lipinski definition) is 0. The molecule has 0 atom stereocenters. The zero-order valence-corrected chi connectivity index (χ0v) is 11.9. The van der Waals surface area contributed by atoms with Crippen LogP contribution in [0.4, 0.5) is 0 Å². The molecule has 0 saturated heterocycles. The van der Waals surface area contributed by atoms with Gasteiger partial charge in [0, 0.05) is 0 Å². The van der Waals surface area contributed by atoms with E-state index < -0.39 is 0 Å². The molecule has 0 spiro atoms. The van der Waals surface area contributed by atoms with Gasteiger partial charge in [-0.15, -0.1) is 6.42 Å². The second-order valence-electron chi connectivity index (χ2n) is 3.95. The maximum absolute atomic E-state index is 3.37. The minimum absolute atomic E-state index is 0. The average molecular weight is 248 g/mol. The van der Waals surface area contributed by atoms with Crippen molar-refractivity contribution in [2.75, 3.05) is 0 Å². The fraction of sp³-hybridized carbons (Fsp3) is 0.467. The molecule has 0 N–H and O–H groups in total. The number of allylic oxidation sites excluding steroid dienone is 8. The monoisotopic (exact) mass is 248 g/mol. The Hall–Kier alpha value is -0.326. The topological polar surface area (TPSA) is 0 Å². The van der Waals surface area contributed by atoms with Gasteiger partial charge in [0.25, 0.3) is 0 Å². The molecule has 16 heavy (non-hydrogen) atoms. The minimum atomic E-state index is 0. The Labute approximate surface area is 115 Å². The Kier molecular flexibility index (Phi) is 9.67. The van der Waals surface area contributed by atoms with Crippen molar-refractivity contribution in [1.82, 2.24) is 0 Å². The van der Waals surface area contributed by atoms with Gasteiger partial charge in [-0.05, 0) is 0 Å². The Morgan fingerprint density at radius 1 is 1.38 bits per heavy atom. The van der Waals surface area contributed by atoms with Gasteiger partial charge < -0.3 is 0 Å². The summed E-state index contributed by atoms with van der Waals surface area (Å²) in [6, 6.07) is 0. The van der Waals surface area contributed by atoms with Crippen LogP contribution in [0, 0.1) is 12.2 Å². The molecule has 0 aliphatic heterocycles. The zero-order chi connectivity index (χ0) is 10.9. The van der Waals surface area contributed by atoms with Gasteiger partial charge in [-0.3, -0.25) is 6.08 Å². The predicted molar refractivity (Wildman–Crippen MR) is 66.2 cm³/mol. The maximum Gasteiger partial charge on any atom is 2.00 e. The first-order valence-corrected chi connectivity index (χ1v) is 5.83. The van der Waals surface area contributed by atoms with Crippen molar-refractivity contribution in [3.63, 3.8) is 0 Å². The van der Waals surface area contributed by atoms with Crippen molar-refractivity contribution in [2.24, 2.45) is 0 Å². The summed E-state index contributed by atoms with van der Waals surface area (Å²) in [4.78, 5) is 0. The summed E-state index contributed by atoms with van der Waals surface area (Å²) < 4.78 is 0. The van der Waals surface area contributed by atoms with Crippen molar-refractivity contribution >= 4 is 0 Å². The van der Waals surface area contributed by atoms with Gasteiger partial charge in [-0.1, -0.05) is 39.5 Å². The molecule has 0 amide bonds. The largest absolute Gasteiger partial charge is 2.00 e. The van der Waals surface area contributed by atoms with Crippen molar-refractivity contribution in [2.45, 2.75) is 46.0 Å². The van der Waals surface area contributed by atoms with Crippen LogP contribution >= 0.6 is 0 Å². The van der Waals surface area contributed by atoms with E-state index >= 15 is 0 Å². The zero-order valence-electron chi connectivity index (χ0n) is 10.3. The second kappa shape index (κ2) is 9.87. The first-order valence-electron chi connectivity index (χ1n) is 5.83. The van der Waals surface area contributed by atoms with Crippen molar-refractivity contribution in [3.05, 3.63) is 47.6 Å². The van der Waals surface area contributed by atoms with E-state index in [1.165, 1.54) is 30.4 Å². The Bertz CT molecular complexity index is 283. The molecule has 0 radical (unpaired) electrons. The first-order chi connectivity index (χ1) is 7.33. The fourth-order valence-electron chi connectivity index (χ4n) is 1.52. The number of unbranched alkanes of at least 4 members (excludes halogenated alkanes) is 1. The quantitative estimate of drug-likeness (QED) is 0.507. The molecule has 0 aromatic rings. The number of hydrogen-bond donors (Lipinski definition) is 0. The molecule has 0 aromatic heterocycles. The van der Waals surface area contributed by atoms with Crippen LogP contribution in [0.25, 0.3) is 0 Å². The Morgan fingerprint density at radius 2 is 2.19 bits per heavy atom. The van der Waals surface area contributed by atoms with Gasteiger partial charge in [-0.25, -0.2) is 29.9 Å². The number of rotatable bonds is 3. The van der Waals surface area contributed by atoms with E-state index in [9.17, 15) is 0 Å². The summed E-state index contributed by atoms with van der Waals surface area (Å²) in [7, 11) is 0. The third kappa shape index (κ3) is 7.03. The SMILES string of the molecule is CCCCC1=CCC(C)=[C-]1.[C-]1=CC=CC1.[Ti+2]. The third-order valence-corrected chi connectivity index (χ3v) is 2.41. The molecule has 2 aliphatic carbocycles. The Morgan fingerprint density at radius 3 is 2.56 bits per heavy atom. The molecule has 0 fully saturated rings. The van der Waals surface area contributed by atoms with E-state index in [1.54, 1.807) is 0 Å². The molecule has 84 valence electrons. The van der Waals surface area contributed by atoms with Gasteiger partial charge in [-0.2, -0.15) is 11.6 Å². The van der Waals surface area contributed by atoms with Crippen LogP contribution in [0.3, 0.4) is 0 Å². The third-order valence-electron chi connectivity index (χ3n) is 2.41. The molecule has 0 nitrogen and oxygen atoms in total. The standard InChI is InChI=1S/C10H15.C5H5.Ti/c1-3-4-5-10-7-6-9(2)8-10;1-2-4-5-3-1;/h7H,3-6H2,1-2H3;1-3H,4H2;/q2*-1;+2. The molecular weight excluding hydrogens is 228 g/mol. The summed E-state index contributed by atoms with van der Waals surface area (Å²) in [5.74, 6) is 0. The van der Waals surface area contributed by atoms with E-state index in [1.807, 2.05) is 12.2 Å². The Balaban J connectivity index is 0.000000318. The van der Waals surface area contributed by atoms with Gasteiger partial charge in [0.2, 0.25) is 0 Å². The average Bonchev–Trinajstić information content (AvgIpc) is 2.88. The van der Waals surface area contributed by atoms with Crippen LogP contribution in [0.2, 0.25) is 0 Å². The molecule has 0 unspecified atom stereocenters. The molecule has 0 aromatic carbocycles. The van der Waals surface area contributed by atoms with Gasteiger partial charge >= 0.3 is 21.7 Å². The van der Waals surface area contributed by atoms with Gasteiger partial charge in [0.15, 0.2) is 0 Å². The van der Waals surface area contributed by atoms with Crippen LogP contribution in [0.15, 0.2) is 35.5 Å². The van der Waals surface area contributed by atoms with E-state index in [0.717, 1.165) is 12.8 Å². The minimum Gasteiger partial charge on any atom is -0.273 e. The smallest absolute Gasteiger partial charge is 0.273 e. The molecule has 0 saturated carbocycles. The van der Waals surface area contributed by atoms with Crippen molar-refractivity contribution < 1.29 is 21.7 Å². The first kappa shape index (κ1) is 15.7. The maximum atomic E-state index is 3.37. The summed E-state index contributed by atoms with van der Waals surface area (Å²) in [6.45, 7) is 4.38. The van der Waals surface area contributed by atoms with E-state index in [-0.39, 0.29) is 21.7 Å². The summed E-state index contributed by atoms with van der Waals surface area (Å²) in [5, 5.41) is 0. The summed E-state index contributed by atoms with van der Waals surface area (Å²) >= 11 is 0. The van der Waals surface area contributed by atoms with Crippen LogP contribution in [0.5, 0.6) is 0 Å². The van der Waals surface area contributed by atoms with E-state index in [2.05, 4.69) is 38.2 Å². The summed E-state index contributed by atoms with van der Waals surface area (Å²) in [6.07, 6.45) is 20.6. The van der Waals surface area contributed by atoms with Gasteiger partial charge in [0.05, 0.1) is 0 Å². The van der Waals surface area contributed by atoms with Crippen molar-refractivity contribution in [3.8, 4) is 0 Å². The molecule has 1 heteroatoms. The normalized spacial score (nSPS) is 16.1. The van der Waals surface area contributed by atoms with Gasteiger partial charge in [0.1, 0.15) is 0 Å².